The van der Waals surface area contributed by atoms with Gasteiger partial charge in [-0.3, -0.25) is 4.72 Å². The summed E-state index contributed by atoms with van der Waals surface area (Å²) in [6.07, 6.45) is 0. The van der Waals surface area contributed by atoms with Crippen LogP contribution in [0.5, 0.6) is 5.75 Å². The van der Waals surface area contributed by atoms with Gasteiger partial charge >= 0.3 is 0 Å². The van der Waals surface area contributed by atoms with E-state index in [-0.39, 0.29) is 0 Å². The Kier molecular flexibility index (Phi) is 4.75. The summed E-state index contributed by atoms with van der Waals surface area (Å²) in [7, 11) is -3.59. The van der Waals surface area contributed by atoms with Crippen molar-refractivity contribution >= 4 is 15.7 Å². The smallest absolute Gasteiger partial charge is 0.246 e. The molecule has 0 heterocycles. The molecule has 0 amide bonds. The standard InChI is InChI=1S/C10H13N3O3S/c11-5-7-16-10-3-1-9(2-4-10)13-17(14,15)8-6-12/h1-4,13H,5,7-8,11H2. The summed E-state index contributed by atoms with van der Waals surface area (Å²) >= 11 is 0. The van der Waals surface area contributed by atoms with Crippen LogP contribution in [0.15, 0.2) is 24.3 Å². The molecule has 3 N–H and O–H groups in total. The van der Waals surface area contributed by atoms with Crippen molar-refractivity contribution in [1.82, 2.24) is 0 Å². The minimum Gasteiger partial charge on any atom is -0.492 e. The molecule has 0 atom stereocenters. The second-order valence-electron chi connectivity index (χ2n) is 3.18. The van der Waals surface area contributed by atoms with Crippen LogP contribution < -0.4 is 15.2 Å². The average Bonchev–Trinajstić information content (AvgIpc) is 2.27. The van der Waals surface area contributed by atoms with Gasteiger partial charge in [0.1, 0.15) is 12.4 Å². The Hall–Kier alpha value is -1.78. The zero-order chi connectivity index (χ0) is 12.7. The molecule has 0 aliphatic rings. The molecule has 0 radical (unpaired) electrons. The third-order valence-corrected chi connectivity index (χ3v) is 2.82. The fraction of sp³-hybridized carbons (Fsp3) is 0.300. The van der Waals surface area contributed by atoms with E-state index in [1.54, 1.807) is 30.3 Å². The third-order valence-electron chi connectivity index (χ3n) is 1.77. The van der Waals surface area contributed by atoms with E-state index < -0.39 is 15.8 Å². The van der Waals surface area contributed by atoms with Crippen LogP contribution >= 0.6 is 0 Å². The van der Waals surface area contributed by atoms with E-state index in [2.05, 4.69) is 4.72 Å². The Morgan fingerprint density at radius 2 is 2.00 bits per heavy atom. The molecule has 6 nitrogen and oxygen atoms in total. The molecular formula is C10H13N3O3S. The summed E-state index contributed by atoms with van der Waals surface area (Å²) in [6.45, 7) is 0.816. The molecule has 0 aliphatic carbocycles. The topological polar surface area (TPSA) is 105 Å². The van der Waals surface area contributed by atoms with Crippen LogP contribution in [0.2, 0.25) is 0 Å². The summed E-state index contributed by atoms with van der Waals surface area (Å²) in [5.41, 5.74) is 5.66. The average molecular weight is 255 g/mol. The van der Waals surface area contributed by atoms with Gasteiger partial charge in [-0.05, 0) is 24.3 Å². The predicted molar refractivity (Wildman–Crippen MR) is 64.0 cm³/mol. The van der Waals surface area contributed by atoms with Gasteiger partial charge in [0.15, 0.2) is 5.75 Å². The first-order chi connectivity index (χ1) is 8.07. The first kappa shape index (κ1) is 13.3. The first-order valence-corrected chi connectivity index (χ1v) is 6.53. The van der Waals surface area contributed by atoms with Crippen molar-refractivity contribution in [1.29, 1.82) is 5.26 Å². The lowest BCUT2D eigenvalue weighted by molar-refractivity contribution is 0.328. The third kappa shape index (κ3) is 4.72. The van der Waals surface area contributed by atoms with Gasteiger partial charge in [0.05, 0.1) is 6.07 Å². The summed E-state index contributed by atoms with van der Waals surface area (Å²) < 4.78 is 30.1. The van der Waals surface area contributed by atoms with Gasteiger partial charge < -0.3 is 10.5 Å². The summed E-state index contributed by atoms with van der Waals surface area (Å²) in [4.78, 5) is 0. The van der Waals surface area contributed by atoms with Gasteiger partial charge in [0, 0.05) is 12.2 Å². The lowest BCUT2D eigenvalue weighted by Gasteiger charge is -2.07. The molecule has 0 aromatic heterocycles. The van der Waals surface area contributed by atoms with Crippen molar-refractivity contribution in [2.75, 3.05) is 23.6 Å². The molecule has 0 aliphatic heterocycles. The van der Waals surface area contributed by atoms with Crippen molar-refractivity contribution in [2.45, 2.75) is 0 Å². The molecule has 1 aromatic rings. The van der Waals surface area contributed by atoms with Crippen LogP contribution in [0.1, 0.15) is 0 Å². The number of nitrogens with zero attached hydrogens (tertiary/aromatic N) is 1. The number of hydrogen-bond acceptors (Lipinski definition) is 5. The lowest BCUT2D eigenvalue weighted by Crippen LogP contribution is -2.15. The quantitative estimate of drug-likeness (QED) is 0.760. The second-order valence-corrected chi connectivity index (χ2v) is 4.90. The van der Waals surface area contributed by atoms with Crippen molar-refractivity contribution in [2.24, 2.45) is 5.73 Å². The molecule has 0 unspecified atom stereocenters. The highest BCUT2D eigenvalue weighted by Gasteiger charge is 2.08. The number of anilines is 1. The number of nitrogens with one attached hydrogen (secondary N) is 1. The lowest BCUT2D eigenvalue weighted by atomic mass is 10.3. The maximum atomic E-state index is 11.3. The van der Waals surface area contributed by atoms with Gasteiger partial charge in [0.25, 0.3) is 0 Å². The fourth-order valence-electron chi connectivity index (χ4n) is 1.10. The van der Waals surface area contributed by atoms with Crippen molar-refractivity contribution in [3.05, 3.63) is 24.3 Å². The van der Waals surface area contributed by atoms with Gasteiger partial charge in [-0.2, -0.15) is 5.26 Å². The SMILES string of the molecule is N#CCS(=O)(=O)Nc1ccc(OCCN)cc1. The van der Waals surface area contributed by atoms with Crippen molar-refractivity contribution < 1.29 is 13.2 Å². The molecule has 1 rings (SSSR count). The fourth-order valence-corrected chi connectivity index (χ4v) is 1.83. The zero-order valence-electron chi connectivity index (χ0n) is 9.09. The summed E-state index contributed by atoms with van der Waals surface area (Å²) in [5.74, 6) is 0.0389. The van der Waals surface area contributed by atoms with Crippen molar-refractivity contribution in [3.63, 3.8) is 0 Å². The number of nitriles is 1. The predicted octanol–water partition coefficient (Wildman–Crippen LogP) is 0.289. The molecule has 0 fully saturated rings. The normalized spacial score (nSPS) is 10.6. The van der Waals surface area contributed by atoms with Gasteiger partial charge in [-0.15, -0.1) is 0 Å². The highest BCUT2D eigenvalue weighted by molar-refractivity contribution is 7.92. The van der Waals surface area contributed by atoms with Crippen LogP contribution in [-0.4, -0.2) is 27.3 Å². The van der Waals surface area contributed by atoms with E-state index in [0.717, 1.165) is 0 Å². The number of ether oxygens (including phenoxy) is 1. The van der Waals surface area contributed by atoms with E-state index in [9.17, 15) is 8.42 Å². The zero-order valence-corrected chi connectivity index (χ0v) is 9.90. The van der Waals surface area contributed by atoms with Crippen LogP contribution in [-0.2, 0) is 10.0 Å². The number of nitrogens with two attached hydrogens (primary N) is 1. The molecular weight excluding hydrogens is 242 g/mol. The Labute approximate surface area is 100 Å². The summed E-state index contributed by atoms with van der Waals surface area (Å²) in [6, 6.07) is 7.94. The monoisotopic (exact) mass is 255 g/mol. The molecule has 0 bridgehead atoms. The van der Waals surface area contributed by atoms with Crippen LogP contribution in [0.25, 0.3) is 0 Å². The van der Waals surface area contributed by atoms with E-state index >= 15 is 0 Å². The molecule has 92 valence electrons. The maximum absolute atomic E-state index is 11.3. The number of hydrogen-bond donors (Lipinski definition) is 2. The van der Waals surface area contributed by atoms with E-state index in [1.807, 2.05) is 0 Å². The van der Waals surface area contributed by atoms with Gasteiger partial charge in [-0.25, -0.2) is 8.42 Å². The van der Waals surface area contributed by atoms with Crippen LogP contribution in [0, 0.1) is 11.3 Å². The highest BCUT2D eigenvalue weighted by atomic mass is 32.2. The second kappa shape index (κ2) is 6.08. The van der Waals surface area contributed by atoms with Gasteiger partial charge in [-0.1, -0.05) is 0 Å². The minimum absolute atomic E-state index is 0.389. The maximum Gasteiger partial charge on any atom is 0.246 e. The number of sulfonamides is 1. The number of rotatable bonds is 6. The van der Waals surface area contributed by atoms with Crippen molar-refractivity contribution in [3.8, 4) is 11.8 Å². The van der Waals surface area contributed by atoms with E-state index in [1.165, 1.54) is 0 Å². The molecule has 7 heteroatoms. The van der Waals surface area contributed by atoms with E-state index in [4.69, 9.17) is 15.7 Å². The first-order valence-electron chi connectivity index (χ1n) is 4.88. The minimum atomic E-state index is -3.59. The Balaban J connectivity index is 2.66. The van der Waals surface area contributed by atoms with Crippen LogP contribution in [0.3, 0.4) is 0 Å². The Bertz CT molecular complexity index is 491. The Morgan fingerprint density at radius 1 is 1.35 bits per heavy atom. The number of benzene rings is 1. The van der Waals surface area contributed by atoms with Gasteiger partial charge in [0.2, 0.25) is 10.0 Å². The molecule has 0 spiro atoms. The summed E-state index contributed by atoms with van der Waals surface area (Å²) in [5, 5.41) is 8.32. The Morgan fingerprint density at radius 3 is 2.53 bits per heavy atom. The molecule has 17 heavy (non-hydrogen) atoms. The highest BCUT2D eigenvalue weighted by Crippen LogP contribution is 2.16. The molecule has 0 saturated heterocycles. The molecule has 1 aromatic carbocycles. The molecule has 0 saturated carbocycles. The van der Waals surface area contributed by atoms with Crippen LogP contribution in [0.4, 0.5) is 5.69 Å². The largest absolute Gasteiger partial charge is 0.492 e. The van der Waals surface area contributed by atoms with E-state index in [0.29, 0.717) is 24.6 Å².